The van der Waals surface area contributed by atoms with Crippen molar-refractivity contribution in [1.82, 2.24) is 0 Å². The van der Waals surface area contributed by atoms with Crippen LogP contribution in [0.5, 0.6) is 0 Å². The molecule has 0 unspecified atom stereocenters. The van der Waals surface area contributed by atoms with Gasteiger partial charge in [-0.25, -0.2) is 4.79 Å². The minimum Gasteiger partial charge on any atom is -0.466 e. The first-order valence-corrected chi connectivity index (χ1v) is 5.69. The summed E-state index contributed by atoms with van der Waals surface area (Å²) in [5.41, 5.74) is 0.859. The Morgan fingerprint density at radius 3 is 2.53 bits per heavy atom. The van der Waals surface area contributed by atoms with Crippen LogP contribution in [0.3, 0.4) is 0 Å². The summed E-state index contributed by atoms with van der Waals surface area (Å²) < 4.78 is 6.28. The Balaban J connectivity index is 2.73. The van der Waals surface area contributed by atoms with E-state index in [9.17, 15) is 4.79 Å². The van der Waals surface area contributed by atoms with Gasteiger partial charge in [0, 0.05) is 21.2 Å². The first-order valence-electron chi connectivity index (χ1n) is 4.10. The molecule has 0 aliphatic carbocycles. The van der Waals surface area contributed by atoms with Crippen LogP contribution in [0.25, 0.3) is 0 Å². The third kappa shape index (κ3) is 3.68. The number of ether oxygens (including phenoxy) is 1. The molecule has 0 heterocycles. The highest BCUT2D eigenvalue weighted by Crippen LogP contribution is 2.30. The predicted octanol–water partition coefficient (Wildman–Crippen LogP) is 3.31. The van der Waals surface area contributed by atoms with Crippen LogP contribution in [0.2, 0.25) is 0 Å². The van der Waals surface area contributed by atoms with E-state index in [1.54, 1.807) is 0 Å². The molecule has 0 aliphatic rings. The summed E-state index contributed by atoms with van der Waals surface area (Å²) in [4.78, 5) is 10.8. The number of methoxy groups -OCH3 is 1. The van der Waals surface area contributed by atoms with Crippen molar-refractivity contribution in [2.24, 2.45) is 0 Å². The Labute approximate surface area is 105 Å². The van der Waals surface area contributed by atoms with Crippen LogP contribution in [0.15, 0.2) is 39.4 Å². The summed E-state index contributed by atoms with van der Waals surface area (Å²) in [6.07, 6.45) is 2.84. The van der Waals surface area contributed by atoms with E-state index in [2.05, 4.69) is 41.9 Å². The van der Waals surface area contributed by atoms with Crippen LogP contribution in [0.1, 0.15) is 0 Å². The van der Waals surface area contributed by atoms with Crippen LogP contribution >= 0.6 is 31.9 Å². The zero-order valence-electron chi connectivity index (χ0n) is 7.96. The van der Waals surface area contributed by atoms with Crippen molar-refractivity contribution >= 4 is 43.5 Å². The molecule has 0 bridgehead atoms. The van der Waals surface area contributed by atoms with Gasteiger partial charge < -0.3 is 10.1 Å². The zero-order chi connectivity index (χ0) is 11.3. The lowest BCUT2D eigenvalue weighted by Crippen LogP contribution is -1.97. The molecule has 0 aromatic heterocycles. The number of benzene rings is 1. The highest BCUT2D eigenvalue weighted by atomic mass is 79.9. The minimum absolute atomic E-state index is 0.398. The van der Waals surface area contributed by atoms with Gasteiger partial charge in [0.25, 0.3) is 0 Å². The molecular weight excluding hydrogens is 326 g/mol. The maximum Gasteiger partial charge on any atom is 0.331 e. The number of rotatable bonds is 3. The van der Waals surface area contributed by atoms with E-state index in [0.717, 1.165) is 14.6 Å². The third-order valence-corrected chi connectivity index (χ3v) is 2.93. The zero-order valence-corrected chi connectivity index (χ0v) is 11.1. The van der Waals surface area contributed by atoms with Gasteiger partial charge in [-0.3, -0.25) is 0 Å². The average molecular weight is 335 g/mol. The summed E-state index contributed by atoms with van der Waals surface area (Å²) in [6.45, 7) is 0. The lowest BCUT2D eigenvalue weighted by molar-refractivity contribution is -0.134. The van der Waals surface area contributed by atoms with Crippen LogP contribution < -0.4 is 5.32 Å². The number of nitrogens with one attached hydrogen (secondary N) is 1. The van der Waals surface area contributed by atoms with Gasteiger partial charge in [0.05, 0.1) is 12.8 Å². The molecule has 1 aromatic rings. The van der Waals surface area contributed by atoms with E-state index in [-0.39, 0.29) is 0 Å². The first kappa shape index (κ1) is 12.3. The maximum absolute atomic E-state index is 10.8. The fourth-order valence-corrected chi connectivity index (χ4v) is 2.12. The number of hydrogen-bond acceptors (Lipinski definition) is 3. The van der Waals surface area contributed by atoms with Crippen molar-refractivity contribution in [3.05, 3.63) is 39.4 Å². The topological polar surface area (TPSA) is 38.3 Å². The molecule has 0 spiro atoms. The van der Waals surface area contributed by atoms with E-state index >= 15 is 0 Å². The minimum atomic E-state index is -0.398. The van der Waals surface area contributed by atoms with Gasteiger partial charge in [0.15, 0.2) is 0 Å². The summed E-state index contributed by atoms with van der Waals surface area (Å²) in [6, 6.07) is 5.71. The van der Waals surface area contributed by atoms with Crippen LogP contribution in [-0.2, 0) is 9.53 Å². The van der Waals surface area contributed by atoms with E-state index in [1.807, 2.05) is 18.2 Å². The summed E-state index contributed by atoms with van der Waals surface area (Å²) >= 11 is 6.78. The van der Waals surface area contributed by atoms with Gasteiger partial charge in [-0.2, -0.15) is 0 Å². The fourth-order valence-electron chi connectivity index (χ4n) is 0.897. The molecule has 1 rings (SSSR count). The maximum atomic E-state index is 10.8. The highest BCUT2D eigenvalue weighted by Gasteiger charge is 2.01. The predicted molar refractivity (Wildman–Crippen MR) is 66.6 cm³/mol. The molecule has 0 aliphatic heterocycles. The van der Waals surface area contributed by atoms with Crippen molar-refractivity contribution in [3.63, 3.8) is 0 Å². The second kappa shape index (κ2) is 5.92. The lowest BCUT2D eigenvalue weighted by atomic mass is 10.3. The monoisotopic (exact) mass is 333 g/mol. The molecule has 0 fully saturated rings. The molecule has 1 N–H and O–H groups in total. The molecule has 3 nitrogen and oxygen atoms in total. The summed E-state index contributed by atoms with van der Waals surface area (Å²) in [5.74, 6) is -0.398. The molecule has 0 radical (unpaired) electrons. The Morgan fingerprint density at radius 1 is 1.40 bits per heavy atom. The van der Waals surface area contributed by atoms with Crippen molar-refractivity contribution in [3.8, 4) is 0 Å². The van der Waals surface area contributed by atoms with Gasteiger partial charge >= 0.3 is 5.97 Å². The number of anilines is 1. The molecule has 0 atom stereocenters. The van der Waals surface area contributed by atoms with Gasteiger partial charge in [-0.05, 0) is 44.0 Å². The second-order valence-electron chi connectivity index (χ2n) is 2.60. The normalized spacial score (nSPS) is 10.3. The number of carbonyl (C=O) groups excluding carboxylic acids is 1. The Kier molecular flexibility index (Phi) is 4.84. The van der Waals surface area contributed by atoms with Gasteiger partial charge in [-0.1, -0.05) is 6.07 Å². The molecule has 0 amide bonds. The lowest BCUT2D eigenvalue weighted by Gasteiger charge is -2.05. The van der Waals surface area contributed by atoms with Crippen molar-refractivity contribution in [2.75, 3.05) is 12.4 Å². The molecule has 0 saturated carbocycles. The number of esters is 1. The van der Waals surface area contributed by atoms with Gasteiger partial charge in [0.1, 0.15) is 0 Å². The van der Waals surface area contributed by atoms with Gasteiger partial charge in [0.2, 0.25) is 0 Å². The quantitative estimate of drug-likeness (QED) is 0.680. The molecule has 0 saturated heterocycles. The van der Waals surface area contributed by atoms with Crippen molar-refractivity contribution < 1.29 is 9.53 Å². The highest BCUT2D eigenvalue weighted by molar-refractivity contribution is 9.11. The van der Waals surface area contributed by atoms with Crippen molar-refractivity contribution in [2.45, 2.75) is 0 Å². The molecular formula is C10H9Br2NO2. The van der Waals surface area contributed by atoms with Crippen LogP contribution in [0.4, 0.5) is 5.69 Å². The summed E-state index contributed by atoms with van der Waals surface area (Å²) in [7, 11) is 1.33. The smallest absolute Gasteiger partial charge is 0.331 e. The van der Waals surface area contributed by atoms with Gasteiger partial charge in [-0.15, -0.1) is 0 Å². The Bertz CT molecular complexity index is 371. The summed E-state index contributed by atoms with van der Waals surface area (Å²) in [5, 5.41) is 2.97. The number of halogens is 2. The molecule has 5 heteroatoms. The van der Waals surface area contributed by atoms with Crippen LogP contribution in [-0.4, -0.2) is 13.1 Å². The first-order chi connectivity index (χ1) is 7.15. The number of carbonyl (C=O) groups is 1. The average Bonchev–Trinajstić information content (AvgIpc) is 2.22. The molecule has 80 valence electrons. The number of para-hydroxylation sites is 1. The Morgan fingerprint density at radius 2 is 2.00 bits per heavy atom. The SMILES string of the molecule is COC(=O)/C=C/Nc1c(Br)cccc1Br. The largest absolute Gasteiger partial charge is 0.466 e. The van der Waals surface area contributed by atoms with E-state index in [0.29, 0.717) is 0 Å². The third-order valence-electron chi connectivity index (χ3n) is 1.61. The standard InChI is InChI=1S/C10H9Br2NO2/c1-15-9(14)5-6-13-10-7(11)3-2-4-8(10)12/h2-6,13H,1H3/b6-5+. The van der Waals surface area contributed by atoms with E-state index in [4.69, 9.17) is 0 Å². The Hall–Kier alpha value is -0.810. The fraction of sp³-hybridized carbons (Fsp3) is 0.100. The van der Waals surface area contributed by atoms with Crippen LogP contribution in [0, 0.1) is 0 Å². The van der Waals surface area contributed by atoms with E-state index in [1.165, 1.54) is 19.4 Å². The molecule has 1 aromatic carbocycles. The molecule has 15 heavy (non-hydrogen) atoms. The van der Waals surface area contributed by atoms with E-state index < -0.39 is 5.97 Å². The number of hydrogen-bond donors (Lipinski definition) is 1. The second-order valence-corrected chi connectivity index (χ2v) is 4.31. The van der Waals surface area contributed by atoms with Crippen molar-refractivity contribution in [1.29, 1.82) is 0 Å².